The predicted molar refractivity (Wildman–Crippen MR) is 156 cm³/mol. The molecule has 6 nitrogen and oxygen atoms in total. The smallest absolute Gasteiger partial charge is 0.159 e. The van der Waals surface area contributed by atoms with Crippen LogP contribution in [0.2, 0.25) is 0 Å². The van der Waals surface area contributed by atoms with Crippen LogP contribution >= 0.6 is 8.58 Å². The molecule has 0 saturated carbocycles. The van der Waals surface area contributed by atoms with E-state index in [-0.39, 0.29) is 0 Å². The van der Waals surface area contributed by atoms with Gasteiger partial charge in [0.2, 0.25) is 0 Å². The number of nitrogen functional groups attached to an aromatic ring is 1. The zero-order valence-corrected chi connectivity index (χ0v) is 22.7. The summed E-state index contributed by atoms with van der Waals surface area (Å²) in [7, 11) is 0.568. The fourth-order valence-electron chi connectivity index (χ4n) is 3.94. The second-order valence-electron chi connectivity index (χ2n) is 9.33. The van der Waals surface area contributed by atoms with Crippen LogP contribution in [-0.2, 0) is 6.54 Å². The molecule has 7 heteroatoms. The fraction of sp³-hybridized carbons (Fsp3) is 0.276. The van der Waals surface area contributed by atoms with E-state index in [1.165, 1.54) is 22.8 Å². The standard InChI is InChI=1S/C24H23N6P.C5H12/c1-15-6-8-18(9-7-15)30-14-20-21(24(30)31-2)23(29-28-22(20)25)27-12-17-5-3-4-16-10-11-26-13-19(16)17;1-4-5(2)3/h3-11,13-14,31H,12H2,1-2H3,(H2,25,28)(H,27,29);5H,4H2,1-3H3. The molecule has 186 valence electrons. The summed E-state index contributed by atoms with van der Waals surface area (Å²) in [6, 6.07) is 16.8. The highest BCUT2D eigenvalue weighted by Crippen LogP contribution is 2.30. The third kappa shape index (κ3) is 5.50. The lowest BCUT2D eigenvalue weighted by molar-refractivity contribution is 0.626. The van der Waals surface area contributed by atoms with Gasteiger partial charge in [-0.2, -0.15) is 0 Å². The van der Waals surface area contributed by atoms with Gasteiger partial charge in [-0.25, -0.2) is 0 Å². The molecule has 36 heavy (non-hydrogen) atoms. The normalized spacial score (nSPS) is 11.4. The monoisotopic (exact) mass is 498 g/mol. The molecule has 0 fully saturated rings. The summed E-state index contributed by atoms with van der Waals surface area (Å²) >= 11 is 0. The van der Waals surface area contributed by atoms with Crippen LogP contribution in [-0.4, -0.2) is 26.4 Å². The summed E-state index contributed by atoms with van der Waals surface area (Å²) in [4.78, 5) is 4.29. The Kier molecular flexibility index (Phi) is 8.17. The highest BCUT2D eigenvalue weighted by molar-refractivity contribution is 7.46. The first-order valence-electron chi connectivity index (χ1n) is 12.4. The minimum Gasteiger partial charge on any atom is -0.382 e. The maximum Gasteiger partial charge on any atom is 0.159 e. The molecule has 0 aliphatic rings. The van der Waals surface area contributed by atoms with Crippen molar-refractivity contribution in [1.29, 1.82) is 0 Å². The van der Waals surface area contributed by atoms with Crippen molar-refractivity contribution in [2.45, 2.75) is 40.7 Å². The molecule has 0 saturated heterocycles. The topological polar surface area (TPSA) is 81.7 Å². The van der Waals surface area contributed by atoms with Gasteiger partial charge in [0, 0.05) is 41.6 Å². The molecular formula is C29H35N6P. The number of benzene rings is 2. The maximum absolute atomic E-state index is 6.23. The van der Waals surface area contributed by atoms with Gasteiger partial charge < -0.3 is 15.6 Å². The summed E-state index contributed by atoms with van der Waals surface area (Å²) in [6.45, 7) is 11.5. The lowest BCUT2D eigenvalue weighted by Crippen LogP contribution is -2.12. The van der Waals surface area contributed by atoms with Gasteiger partial charge >= 0.3 is 0 Å². The zero-order chi connectivity index (χ0) is 25.7. The summed E-state index contributed by atoms with van der Waals surface area (Å²) < 4.78 is 2.20. The number of nitrogens with one attached hydrogen (secondary N) is 1. The van der Waals surface area contributed by atoms with Gasteiger partial charge in [-0.15, -0.1) is 10.2 Å². The van der Waals surface area contributed by atoms with E-state index in [0.717, 1.165) is 39.1 Å². The van der Waals surface area contributed by atoms with Crippen molar-refractivity contribution in [3.63, 3.8) is 0 Å². The Hall–Kier alpha value is -3.50. The minimum absolute atomic E-state index is 0.445. The number of hydrogen-bond donors (Lipinski definition) is 2. The van der Waals surface area contributed by atoms with Crippen LogP contribution in [0.15, 0.2) is 67.1 Å². The molecule has 0 bridgehead atoms. The minimum atomic E-state index is 0.445. The van der Waals surface area contributed by atoms with Crippen LogP contribution in [0, 0.1) is 12.8 Å². The number of rotatable bonds is 6. The molecule has 1 unspecified atom stereocenters. The molecule has 0 spiro atoms. The average molecular weight is 499 g/mol. The molecule has 0 radical (unpaired) electrons. The van der Waals surface area contributed by atoms with E-state index < -0.39 is 0 Å². The van der Waals surface area contributed by atoms with E-state index in [2.05, 4.69) is 108 Å². The Morgan fingerprint density at radius 2 is 1.78 bits per heavy atom. The van der Waals surface area contributed by atoms with Crippen molar-refractivity contribution in [3.8, 4) is 5.69 Å². The predicted octanol–water partition coefficient (Wildman–Crippen LogP) is 6.46. The highest BCUT2D eigenvalue weighted by atomic mass is 31.1. The van der Waals surface area contributed by atoms with Crippen molar-refractivity contribution in [1.82, 2.24) is 19.7 Å². The molecule has 3 aromatic heterocycles. The number of aromatic nitrogens is 4. The summed E-state index contributed by atoms with van der Waals surface area (Å²) in [5.41, 5.74) is 10.9. The largest absolute Gasteiger partial charge is 0.382 e. The van der Waals surface area contributed by atoms with Gasteiger partial charge in [-0.3, -0.25) is 4.98 Å². The Morgan fingerprint density at radius 1 is 1.03 bits per heavy atom. The van der Waals surface area contributed by atoms with Gasteiger partial charge in [0.25, 0.3) is 0 Å². The van der Waals surface area contributed by atoms with Crippen LogP contribution in [0.4, 0.5) is 11.6 Å². The first-order chi connectivity index (χ1) is 17.4. The van der Waals surface area contributed by atoms with Gasteiger partial charge in [0.05, 0.1) is 10.8 Å². The van der Waals surface area contributed by atoms with Crippen molar-refractivity contribution in [2.75, 3.05) is 17.7 Å². The molecule has 3 N–H and O–H groups in total. The van der Waals surface area contributed by atoms with E-state index in [1.807, 2.05) is 18.5 Å². The van der Waals surface area contributed by atoms with Crippen molar-refractivity contribution in [3.05, 3.63) is 78.2 Å². The molecule has 0 aliphatic heterocycles. The summed E-state index contributed by atoms with van der Waals surface area (Å²) in [6.07, 6.45) is 7.10. The van der Waals surface area contributed by atoms with E-state index in [4.69, 9.17) is 5.73 Å². The fourth-order valence-corrected chi connectivity index (χ4v) is 4.87. The first-order valence-corrected chi connectivity index (χ1v) is 13.9. The van der Waals surface area contributed by atoms with Crippen molar-refractivity contribution < 1.29 is 0 Å². The molecule has 0 amide bonds. The van der Waals surface area contributed by atoms with E-state index >= 15 is 0 Å². The van der Waals surface area contributed by atoms with Crippen molar-refractivity contribution >= 4 is 47.2 Å². The third-order valence-electron chi connectivity index (χ3n) is 6.36. The number of pyridine rings is 1. The average Bonchev–Trinajstić information content (AvgIpc) is 3.30. The summed E-state index contributed by atoms with van der Waals surface area (Å²) in [5, 5.41) is 16.4. The van der Waals surface area contributed by atoms with Gasteiger partial charge in [0.15, 0.2) is 11.6 Å². The molecule has 2 aromatic carbocycles. The number of aryl methyl sites for hydroxylation is 1. The molecule has 1 atom stereocenters. The second-order valence-corrected chi connectivity index (χ2v) is 10.3. The van der Waals surface area contributed by atoms with E-state index in [1.54, 1.807) is 0 Å². The number of nitrogens with two attached hydrogens (primary N) is 1. The van der Waals surface area contributed by atoms with Gasteiger partial charge in [-0.1, -0.05) is 71.7 Å². The third-order valence-corrected chi connectivity index (χ3v) is 7.33. The number of fused-ring (bicyclic) bond motifs is 2. The Bertz CT molecular complexity index is 1450. The van der Waals surface area contributed by atoms with Gasteiger partial charge in [0.1, 0.15) is 0 Å². The molecule has 0 aliphatic carbocycles. The van der Waals surface area contributed by atoms with Crippen LogP contribution in [0.25, 0.3) is 27.2 Å². The number of nitrogens with zero attached hydrogens (tertiary/aromatic N) is 4. The SMILES string of the molecule is CCC(C)C.CPc1c2c(NCc3cccc4ccncc34)nnc(N)c2cn1-c1ccc(C)cc1. The molecule has 5 rings (SSSR count). The van der Waals surface area contributed by atoms with Gasteiger partial charge in [-0.05, 0) is 48.7 Å². The van der Waals surface area contributed by atoms with Crippen LogP contribution in [0.5, 0.6) is 0 Å². The summed E-state index contributed by atoms with van der Waals surface area (Å²) in [5.74, 6) is 2.08. The quantitative estimate of drug-likeness (QED) is 0.263. The zero-order valence-electron chi connectivity index (χ0n) is 21.7. The highest BCUT2D eigenvalue weighted by Gasteiger charge is 2.17. The lowest BCUT2D eigenvalue weighted by Gasteiger charge is -2.12. The van der Waals surface area contributed by atoms with Crippen LogP contribution < -0.4 is 16.5 Å². The van der Waals surface area contributed by atoms with E-state index in [0.29, 0.717) is 20.9 Å². The second kappa shape index (κ2) is 11.5. The van der Waals surface area contributed by atoms with Crippen molar-refractivity contribution in [2.24, 2.45) is 5.92 Å². The Labute approximate surface area is 215 Å². The molecule has 3 heterocycles. The Balaban J connectivity index is 0.000000556. The maximum atomic E-state index is 6.23. The number of anilines is 2. The first kappa shape index (κ1) is 25.6. The van der Waals surface area contributed by atoms with Crippen LogP contribution in [0.1, 0.15) is 38.3 Å². The molecule has 5 aromatic rings. The van der Waals surface area contributed by atoms with Crippen LogP contribution in [0.3, 0.4) is 0 Å². The molecular weight excluding hydrogens is 463 g/mol. The Morgan fingerprint density at radius 3 is 2.47 bits per heavy atom. The number of hydrogen-bond acceptors (Lipinski definition) is 5. The lowest BCUT2D eigenvalue weighted by atomic mass is 10.1. The van der Waals surface area contributed by atoms with E-state index in [9.17, 15) is 0 Å².